The quantitative estimate of drug-likeness (QED) is 0.122. The number of ether oxygens (including phenoxy) is 3. The Labute approximate surface area is 321 Å². The standard InChI is InChI=1S/C40H45F4N9O3/c1-20(2)23(5)53-17-33(50-51-53)25-9-7-24(8-10-25)19-55-37-35(34-22(4)31(41)13-32-29(34)15-46-49-32)30(40(42,43)44)12-28-36(37)47-39(56-18-21(3)54-6)48-38(28)52-16-26-11-27(52)14-45-26/h7-10,12-13,15,20-21,23,26-27,33,45H,11,14,16-19H2,1-6H3,(H,46,49)/t21-,23?,26?,27?,33?/m0/s1. The molecule has 5 aromatic rings. The average molecular weight is 776 g/mol. The third-order valence-corrected chi connectivity index (χ3v) is 11.4. The fourth-order valence-electron chi connectivity index (χ4n) is 7.80. The van der Waals surface area contributed by atoms with Crippen LogP contribution in [0.2, 0.25) is 0 Å². The van der Waals surface area contributed by atoms with Crippen LogP contribution >= 0.6 is 0 Å². The van der Waals surface area contributed by atoms with Gasteiger partial charge in [0, 0.05) is 60.2 Å². The molecule has 3 aromatic carbocycles. The number of benzene rings is 3. The van der Waals surface area contributed by atoms with E-state index in [1.54, 1.807) is 7.11 Å². The monoisotopic (exact) mass is 775 g/mol. The van der Waals surface area contributed by atoms with Crippen molar-refractivity contribution in [2.45, 2.75) is 84.1 Å². The molecule has 16 heteroatoms. The second-order valence-corrected chi connectivity index (χ2v) is 15.4. The van der Waals surface area contributed by atoms with Crippen LogP contribution in [0.1, 0.15) is 62.4 Å². The summed E-state index contributed by atoms with van der Waals surface area (Å²) >= 11 is 0. The van der Waals surface area contributed by atoms with Gasteiger partial charge in [0.05, 0.1) is 29.9 Å². The zero-order valence-corrected chi connectivity index (χ0v) is 32.1. The molecule has 5 heterocycles. The van der Waals surface area contributed by atoms with E-state index in [0.717, 1.165) is 18.1 Å². The molecule has 0 amide bonds. The molecule has 3 aliphatic rings. The molecule has 4 unspecified atom stereocenters. The maximum absolute atomic E-state index is 15.6. The van der Waals surface area contributed by atoms with Gasteiger partial charge in [-0.1, -0.05) is 43.3 Å². The number of aromatic nitrogens is 4. The smallest absolute Gasteiger partial charge is 0.417 e. The van der Waals surface area contributed by atoms with Gasteiger partial charge in [0.2, 0.25) is 0 Å². The Morgan fingerprint density at radius 3 is 2.45 bits per heavy atom. The minimum absolute atomic E-state index is 0.000151. The number of anilines is 1. The van der Waals surface area contributed by atoms with Crippen molar-refractivity contribution in [2.75, 3.05) is 38.3 Å². The van der Waals surface area contributed by atoms with Crippen molar-refractivity contribution in [1.82, 2.24) is 30.5 Å². The number of halogens is 4. The lowest BCUT2D eigenvalue weighted by Gasteiger charge is -2.30. The molecule has 3 aliphatic heterocycles. The number of nitrogens with zero attached hydrogens (tertiary/aromatic N) is 7. The molecule has 0 saturated carbocycles. The molecule has 56 heavy (non-hydrogen) atoms. The minimum Gasteiger partial charge on any atom is -0.486 e. The van der Waals surface area contributed by atoms with Crippen LogP contribution in [0, 0.1) is 18.7 Å². The van der Waals surface area contributed by atoms with Crippen molar-refractivity contribution in [1.29, 1.82) is 0 Å². The molecule has 12 nitrogen and oxygen atoms in total. The van der Waals surface area contributed by atoms with E-state index in [-0.39, 0.29) is 88.4 Å². The first-order valence-electron chi connectivity index (χ1n) is 18.9. The van der Waals surface area contributed by atoms with Gasteiger partial charge in [0.1, 0.15) is 36.4 Å². The molecule has 8 rings (SSSR count). The molecule has 0 spiro atoms. The largest absolute Gasteiger partial charge is 0.486 e. The van der Waals surface area contributed by atoms with Gasteiger partial charge in [0.15, 0.2) is 5.75 Å². The van der Waals surface area contributed by atoms with Crippen LogP contribution in [-0.2, 0) is 17.5 Å². The molecule has 2 N–H and O–H groups in total. The number of aromatic amines is 1. The SMILES string of the molecule is CO[C@@H](C)COc1nc(N2CC3CC2CN3)c2cc(C(F)(F)F)c(-c3c(C)c(F)cc4[nH]ncc34)c(OCc3ccc(C4CN(C(C)C(C)C)N=N4)cc3)c2n1. The highest BCUT2D eigenvalue weighted by atomic mass is 19.4. The lowest BCUT2D eigenvalue weighted by Crippen LogP contribution is -2.44. The van der Waals surface area contributed by atoms with Gasteiger partial charge >= 0.3 is 12.2 Å². The lowest BCUT2D eigenvalue weighted by molar-refractivity contribution is -0.137. The summed E-state index contributed by atoms with van der Waals surface area (Å²) in [6.45, 7) is 11.5. The Morgan fingerprint density at radius 2 is 1.77 bits per heavy atom. The normalized spacial score (nSPS) is 20.6. The molecule has 5 atom stereocenters. The number of alkyl halides is 3. The van der Waals surface area contributed by atoms with Gasteiger partial charge in [-0.05, 0) is 61.9 Å². The maximum Gasteiger partial charge on any atom is 0.417 e. The van der Waals surface area contributed by atoms with Gasteiger partial charge in [-0.2, -0.15) is 33.4 Å². The van der Waals surface area contributed by atoms with Crippen LogP contribution in [0.25, 0.3) is 32.9 Å². The first kappa shape index (κ1) is 37.8. The Balaban J connectivity index is 1.28. The van der Waals surface area contributed by atoms with Crippen LogP contribution in [0.15, 0.2) is 52.9 Å². The third kappa shape index (κ3) is 6.97. The second kappa shape index (κ2) is 14.8. The Bertz CT molecular complexity index is 2280. The first-order valence-corrected chi connectivity index (χ1v) is 18.9. The van der Waals surface area contributed by atoms with Crippen LogP contribution in [-0.4, -0.2) is 82.8 Å². The number of hydrogen-bond donors (Lipinski definition) is 2. The van der Waals surface area contributed by atoms with Gasteiger partial charge in [-0.15, -0.1) is 0 Å². The third-order valence-electron chi connectivity index (χ3n) is 11.4. The first-order chi connectivity index (χ1) is 26.8. The number of fused-ring (bicyclic) bond motifs is 4. The topological polar surface area (TPSA) is 125 Å². The van der Waals surface area contributed by atoms with Gasteiger partial charge < -0.3 is 24.4 Å². The Morgan fingerprint density at radius 1 is 0.982 bits per heavy atom. The second-order valence-electron chi connectivity index (χ2n) is 15.4. The summed E-state index contributed by atoms with van der Waals surface area (Å²) in [5.41, 5.74) is 0.652. The number of hydrogen-bond acceptors (Lipinski definition) is 11. The summed E-state index contributed by atoms with van der Waals surface area (Å²) in [5.74, 6) is -0.149. The minimum atomic E-state index is -4.89. The number of rotatable bonds is 12. The summed E-state index contributed by atoms with van der Waals surface area (Å²) in [6, 6.07) is 10.1. The van der Waals surface area contributed by atoms with E-state index >= 15 is 17.6 Å². The number of methoxy groups -OCH3 is 1. The molecule has 2 bridgehead atoms. The zero-order chi connectivity index (χ0) is 39.5. The van der Waals surface area contributed by atoms with E-state index in [1.807, 2.05) is 41.1 Å². The molecular weight excluding hydrogens is 730 g/mol. The summed E-state index contributed by atoms with van der Waals surface area (Å²) in [4.78, 5) is 11.5. The van der Waals surface area contributed by atoms with Crippen LogP contribution in [0.5, 0.6) is 11.8 Å². The molecule has 0 radical (unpaired) electrons. The van der Waals surface area contributed by atoms with Crippen molar-refractivity contribution in [3.8, 4) is 22.9 Å². The summed E-state index contributed by atoms with van der Waals surface area (Å²) in [6.07, 6.45) is -2.98. The van der Waals surface area contributed by atoms with E-state index in [0.29, 0.717) is 42.3 Å². The number of piperazine rings is 1. The lowest BCUT2D eigenvalue weighted by atomic mass is 9.90. The molecule has 2 saturated heterocycles. The summed E-state index contributed by atoms with van der Waals surface area (Å²) in [5, 5.41) is 21.6. The van der Waals surface area contributed by atoms with Crippen LogP contribution in [0.3, 0.4) is 0 Å². The molecule has 2 fully saturated rings. The highest BCUT2D eigenvalue weighted by Crippen LogP contribution is 2.51. The Hall–Kier alpha value is -5.09. The fraction of sp³-hybridized carbons (Fsp3) is 0.475. The van der Waals surface area contributed by atoms with Gasteiger partial charge in [0.25, 0.3) is 0 Å². The highest BCUT2D eigenvalue weighted by Gasteiger charge is 2.42. The maximum atomic E-state index is 15.6. The van der Waals surface area contributed by atoms with E-state index in [4.69, 9.17) is 24.2 Å². The average Bonchev–Trinajstić information content (AvgIpc) is 4.02. The Kier molecular flexibility index (Phi) is 9.97. The molecular formula is C40H45F4N9O3. The van der Waals surface area contributed by atoms with Gasteiger partial charge in [-0.3, -0.25) is 10.1 Å². The van der Waals surface area contributed by atoms with E-state index < -0.39 is 17.6 Å². The number of H-pyrrole nitrogens is 1. The highest BCUT2D eigenvalue weighted by molar-refractivity contribution is 6.06. The predicted molar refractivity (Wildman–Crippen MR) is 203 cm³/mol. The van der Waals surface area contributed by atoms with Crippen molar-refractivity contribution >= 4 is 27.6 Å². The van der Waals surface area contributed by atoms with Crippen molar-refractivity contribution in [2.24, 2.45) is 16.3 Å². The van der Waals surface area contributed by atoms with E-state index in [1.165, 1.54) is 19.2 Å². The van der Waals surface area contributed by atoms with Crippen molar-refractivity contribution in [3.05, 3.63) is 70.7 Å². The van der Waals surface area contributed by atoms with Gasteiger partial charge in [-0.25, -0.2) is 4.39 Å². The zero-order valence-electron chi connectivity index (χ0n) is 32.1. The number of nitrogens with one attached hydrogen (secondary N) is 2. The van der Waals surface area contributed by atoms with Crippen molar-refractivity contribution < 1.29 is 31.8 Å². The summed E-state index contributed by atoms with van der Waals surface area (Å²) in [7, 11) is 1.55. The van der Waals surface area contributed by atoms with Crippen LogP contribution in [0.4, 0.5) is 23.4 Å². The van der Waals surface area contributed by atoms with Crippen molar-refractivity contribution in [3.63, 3.8) is 0 Å². The van der Waals surface area contributed by atoms with E-state index in [2.05, 4.69) is 46.6 Å². The van der Waals surface area contributed by atoms with E-state index in [9.17, 15) is 0 Å². The molecule has 2 aromatic heterocycles. The predicted octanol–water partition coefficient (Wildman–Crippen LogP) is 7.95. The summed E-state index contributed by atoms with van der Waals surface area (Å²) < 4.78 is 80.3. The van der Waals surface area contributed by atoms with Crippen LogP contribution < -0.4 is 19.7 Å². The molecule has 296 valence electrons. The fourth-order valence-corrected chi connectivity index (χ4v) is 7.80. The molecule has 0 aliphatic carbocycles.